The Morgan fingerprint density at radius 2 is 1.21 bits per heavy atom. The van der Waals surface area contributed by atoms with Crippen LogP contribution in [0.5, 0.6) is 0 Å². The molecule has 0 saturated heterocycles. The topological polar surface area (TPSA) is 120 Å². The number of alkyl carbamates (subject to hydrolysis) is 2. The minimum atomic E-state index is -0.857. The van der Waals surface area contributed by atoms with Crippen LogP contribution in [0, 0.1) is 44.7 Å². The second-order valence-corrected chi connectivity index (χ2v) is 8.17. The first-order valence-corrected chi connectivity index (χ1v) is 10.6. The number of amides is 2. The Hall–Kier alpha value is -3.62. The second-order valence-electron chi connectivity index (χ2n) is 8.17. The van der Waals surface area contributed by atoms with E-state index in [0.717, 1.165) is 33.4 Å². The second kappa shape index (κ2) is 10.8. The fraction of sp³-hybridized carbons (Fsp3) is 0.417. The zero-order valence-corrected chi connectivity index (χ0v) is 20.1. The summed E-state index contributed by atoms with van der Waals surface area (Å²) in [6.45, 7) is 12.7. The summed E-state index contributed by atoms with van der Waals surface area (Å²) in [4.78, 5) is 35.1. The summed E-state index contributed by atoms with van der Waals surface area (Å²) in [6, 6.07) is 7.13. The van der Waals surface area contributed by atoms with Crippen LogP contribution in [0.15, 0.2) is 24.3 Å². The number of nitrogens with one attached hydrogen (secondary N) is 2. The van der Waals surface area contributed by atoms with Crippen molar-refractivity contribution in [2.75, 3.05) is 6.67 Å². The first-order valence-electron chi connectivity index (χ1n) is 10.6. The molecule has 0 aliphatic heterocycles. The van der Waals surface area contributed by atoms with E-state index in [1.54, 1.807) is 26.8 Å². The van der Waals surface area contributed by atoms with E-state index in [1.165, 1.54) is 6.07 Å². The normalized spacial score (nSPS) is 12.5. The van der Waals surface area contributed by atoms with Gasteiger partial charge in [-0.3, -0.25) is 10.1 Å². The number of hydrogen-bond donors (Lipinski definition) is 2. The molecule has 2 unspecified atom stereocenters. The van der Waals surface area contributed by atoms with Crippen LogP contribution in [0.2, 0.25) is 0 Å². The van der Waals surface area contributed by atoms with Crippen LogP contribution in [-0.2, 0) is 9.47 Å². The van der Waals surface area contributed by atoms with Gasteiger partial charge in [0.15, 0.2) is 0 Å². The number of carbonyl (C=O) groups is 2. The van der Waals surface area contributed by atoms with Crippen molar-refractivity contribution < 1.29 is 24.0 Å². The Kier molecular flexibility index (Phi) is 8.39. The number of benzene rings is 2. The van der Waals surface area contributed by atoms with Crippen molar-refractivity contribution in [3.8, 4) is 0 Å². The lowest BCUT2D eigenvalue weighted by molar-refractivity contribution is -0.386. The van der Waals surface area contributed by atoms with Crippen molar-refractivity contribution in [1.29, 1.82) is 0 Å². The molecule has 0 aromatic heterocycles. The van der Waals surface area contributed by atoms with Crippen molar-refractivity contribution in [2.24, 2.45) is 0 Å². The van der Waals surface area contributed by atoms with Gasteiger partial charge in [-0.25, -0.2) is 9.59 Å². The Morgan fingerprint density at radius 1 is 0.788 bits per heavy atom. The summed E-state index contributed by atoms with van der Waals surface area (Å²) in [5.41, 5.74) is 6.00. The Morgan fingerprint density at radius 3 is 1.73 bits per heavy atom. The van der Waals surface area contributed by atoms with Crippen LogP contribution in [0.25, 0.3) is 0 Å². The first-order chi connectivity index (χ1) is 15.4. The van der Waals surface area contributed by atoms with E-state index in [9.17, 15) is 19.7 Å². The summed E-state index contributed by atoms with van der Waals surface area (Å²) >= 11 is 0. The lowest BCUT2D eigenvalue weighted by Gasteiger charge is -2.18. The van der Waals surface area contributed by atoms with Crippen LogP contribution >= 0.6 is 0 Å². The minimum absolute atomic E-state index is 0.115. The molecule has 0 spiro atoms. The molecule has 0 radical (unpaired) electrons. The van der Waals surface area contributed by atoms with Crippen LogP contribution in [0.1, 0.15) is 65.0 Å². The molecule has 0 bridgehead atoms. The highest BCUT2D eigenvalue weighted by Gasteiger charge is 2.23. The molecule has 2 atom stereocenters. The molecule has 9 heteroatoms. The lowest BCUT2D eigenvalue weighted by Crippen LogP contribution is -2.38. The third-order valence-corrected chi connectivity index (χ3v) is 5.63. The molecule has 0 aliphatic rings. The van der Waals surface area contributed by atoms with Gasteiger partial charge >= 0.3 is 12.2 Å². The fourth-order valence-electron chi connectivity index (χ4n) is 3.45. The molecule has 0 fully saturated rings. The first kappa shape index (κ1) is 25.6. The average Bonchev–Trinajstić information content (AvgIpc) is 2.71. The van der Waals surface area contributed by atoms with Crippen LogP contribution < -0.4 is 10.6 Å². The fourth-order valence-corrected chi connectivity index (χ4v) is 3.45. The molecule has 9 nitrogen and oxygen atoms in total. The number of nitro groups is 1. The van der Waals surface area contributed by atoms with Gasteiger partial charge in [0.05, 0.1) is 17.2 Å². The molecule has 2 amide bonds. The van der Waals surface area contributed by atoms with Gasteiger partial charge in [-0.05, 0) is 87.9 Å². The van der Waals surface area contributed by atoms with E-state index in [-0.39, 0.29) is 12.4 Å². The molecular formula is C24H31N3O6. The SMILES string of the molecule is Cc1cc(C)c(C(C)OC(=O)NCNC(=O)OC(C)c2cc(C)c(C)cc2[N+](=O)[O-])cc1C. The molecule has 2 aromatic rings. The number of carbonyl (C=O) groups excluding carboxylic acids is 2. The quantitative estimate of drug-likeness (QED) is 0.328. The molecule has 33 heavy (non-hydrogen) atoms. The Bertz CT molecular complexity index is 1070. The van der Waals surface area contributed by atoms with Crippen LogP contribution in [0.4, 0.5) is 15.3 Å². The monoisotopic (exact) mass is 457 g/mol. The van der Waals surface area contributed by atoms with E-state index in [4.69, 9.17) is 9.47 Å². The number of nitro benzene ring substituents is 1. The standard InChI is InChI=1S/C24H31N3O6/c1-13-8-17(5)20(9-14(13)2)18(6)32-23(28)25-12-26-24(29)33-19(7)21-10-15(3)16(4)11-22(21)27(30)31/h8-11,18-19H,12H2,1-7H3,(H,25,28)(H,26,29). The van der Waals surface area contributed by atoms with Crippen molar-refractivity contribution in [2.45, 2.75) is 60.7 Å². The molecule has 178 valence electrons. The lowest BCUT2D eigenvalue weighted by atomic mass is 9.98. The van der Waals surface area contributed by atoms with Gasteiger partial charge in [0.25, 0.3) is 5.69 Å². The number of nitrogens with zero attached hydrogens (tertiary/aromatic N) is 1. The zero-order chi connectivity index (χ0) is 24.9. The predicted octanol–water partition coefficient (Wildman–Crippen LogP) is 5.37. The molecular weight excluding hydrogens is 426 g/mol. The van der Waals surface area contributed by atoms with Crippen molar-refractivity contribution in [1.82, 2.24) is 10.6 Å². The molecule has 2 rings (SSSR count). The summed E-state index contributed by atoms with van der Waals surface area (Å²) in [6.07, 6.45) is -2.85. The molecule has 2 aromatic carbocycles. The van der Waals surface area contributed by atoms with Gasteiger partial charge in [0.2, 0.25) is 0 Å². The van der Waals surface area contributed by atoms with E-state index in [2.05, 4.69) is 10.6 Å². The number of aryl methyl sites for hydroxylation is 5. The summed E-state index contributed by atoms with van der Waals surface area (Å²) < 4.78 is 10.6. The van der Waals surface area contributed by atoms with Gasteiger partial charge in [0, 0.05) is 6.07 Å². The highest BCUT2D eigenvalue weighted by atomic mass is 16.6. The predicted molar refractivity (Wildman–Crippen MR) is 124 cm³/mol. The molecule has 0 heterocycles. The maximum atomic E-state index is 12.1. The third kappa shape index (κ3) is 6.68. The summed E-state index contributed by atoms with van der Waals surface area (Å²) in [5, 5.41) is 16.2. The van der Waals surface area contributed by atoms with Gasteiger partial charge in [-0.1, -0.05) is 12.1 Å². The van der Waals surface area contributed by atoms with E-state index in [0.29, 0.717) is 5.56 Å². The summed E-state index contributed by atoms with van der Waals surface area (Å²) in [7, 11) is 0. The van der Waals surface area contributed by atoms with Crippen LogP contribution in [0.3, 0.4) is 0 Å². The van der Waals surface area contributed by atoms with Crippen molar-refractivity contribution in [3.63, 3.8) is 0 Å². The highest BCUT2D eigenvalue weighted by Crippen LogP contribution is 2.30. The largest absolute Gasteiger partial charge is 0.442 e. The Labute approximate surface area is 193 Å². The average molecular weight is 458 g/mol. The Balaban J connectivity index is 1.88. The number of hydrogen-bond acceptors (Lipinski definition) is 6. The van der Waals surface area contributed by atoms with Gasteiger partial charge in [-0.2, -0.15) is 0 Å². The van der Waals surface area contributed by atoms with E-state index < -0.39 is 29.3 Å². The zero-order valence-electron chi connectivity index (χ0n) is 20.1. The maximum absolute atomic E-state index is 12.1. The molecule has 0 aliphatic carbocycles. The van der Waals surface area contributed by atoms with E-state index >= 15 is 0 Å². The van der Waals surface area contributed by atoms with E-state index in [1.807, 2.05) is 39.8 Å². The number of ether oxygens (including phenoxy) is 2. The third-order valence-electron chi connectivity index (χ3n) is 5.63. The smallest absolute Gasteiger partial charge is 0.409 e. The molecule has 2 N–H and O–H groups in total. The van der Waals surface area contributed by atoms with Crippen molar-refractivity contribution in [3.05, 3.63) is 73.3 Å². The van der Waals surface area contributed by atoms with Gasteiger partial charge < -0.3 is 20.1 Å². The minimum Gasteiger partial charge on any atom is -0.442 e. The van der Waals surface area contributed by atoms with Crippen molar-refractivity contribution >= 4 is 17.9 Å². The summed E-state index contributed by atoms with van der Waals surface area (Å²) in [5.74, 6) is 0. The van der Waals surface area contributed by atoms with Gasteiger partial charge in [0.1, 0.15) is 12.2 Å². The van der Waals surface area contributed by atoms with Gasteiger partial charge in [-0.15, -0.1) is 0 Å². The highest BCUT2D eigenvalue weighted by molar-refractivity contribution is 5.70. The maximum Gasteiger partial charge on any atom is 0.409 e. The van der Waals surface area contributed by atoms with Crippen LogP contribution in [-0.4, -0.2) is 23.8 Å². The number of rotatable bonds is 7. The molecule has 0 saturated carbocycles.